The van der Waals surface area contributed by atoms with Crippen molar-refractivity contribution < 1.29 is 22.7 Å². The Morgan fingerprint density at radius 2 is 1.93 bits per heavy atom. The van der Waals surface area contributed by atoms with Gasteiger partial charge in [-0.15, -0.1) is 0 Å². The van der Waals surface area contributed by atoms with Crippen molar-refractivity contribution in [3.63, 3.8) is 0 Å². The van der Waals surface area contributed by atoms with E-state index in [0.29, 0.717) is 23.9 Å². The van der Waals surface area contributed by atoms with Gasteiger partial charge in [0.1, 0.15) is 5.75 Å². The zero-order valence-corrected chi connectivity index (χ0v) is 16.2. The molecule has 0 aliphatic carbocycles. The van der Waals surface area contributed by atoms with E-state index in [9.17, 15) is 13.2 Å². The monoisotopic (exact) mass is 410 g/mol. The number of carbonyl (C=O) groups is 1. The molecule has 1 saturated heterocycles. The lowest BCUT2D eigenvalue weighted by molar-refractivity contribution is 0.0730. The van der Waals surface area contributed by atoms with Crippen molar-refractivity contribution in [3.8, 4) is 5.75 Å². The number of methoxy groups -OCH3 is 1. The number of rotatable bonds is 5. The molecule has 0 aromatic heterocycles. The second kappa shape index (κ2) is 8.26. The number of halogens is 1. The number of morpholine rings is 1. The first kappa shape index (κ1) is 19.6. The van der Waals surface area contributed by atoms with E-state index in [-0.39, 0.29) is 29.3 Å². The minimum absolute atomic E-state index is 0.0291. The van der Waals surface area contributed by atoms with Gasteiger partial charge in [-0.3, -0.25) is 4.79 Å². The number of amides is 1. The molecule has 0 unspecified atom stereocenters. The highest BCUT2D eigenvalue weighted by atomic mass is 35.5. The van der Waals surface area contributed by atoms with Gasteiger partial charge in [-0.25, -0.2) is 8.42 Å². The lowest BCUT2D eigenvalue weighted by Gasteiger charge is -2.26. The minimum Gasteiger partial charge on any atom is -0.496 e. The number of anilines is 1. The van der Waals surface area contributed by atoms with Crippen molar-refractivity contribution in [1.29, 1.82) is 0 Å². The molecular weight excluding hydrogens is 392 g/mol. The van der Waals surface area contributed by atoms with Crippen molar-refractivity contribution >= 4 is 33.2 Å². The summed E-state index contributed by atoms with van der Waals surface area (Å²) in [6.07, 6.45) is 0. The van der Waals surface area contributed by atoms with Crippen LogP contribution in [0.25, 0.3) is 0 Å². The topological polar surface area (TPSA) is 84.9 Å². The Morgan fingerprint density at radius 1 is 1.19 bits per heavy atom. The normalized spacial score (nSPS) is 15.3. The fraction of sp³-hybridized carbons (Fsp3) is 0.278. The van der Waals surface area contributed by atoms with Gasteiger partial charge in [-0.1, -0.05) is 17.7 Å². The maximum Gasteiger partial charge on any atom is 0.259 e. The highest BCUT2D eigenvalue weighted by Gasteiger charge is 2.28. The van der Waals surface area contributed by atoms with Crippen molar-refractivity contribution in [2.24, 2.45) is 0 Å². The van der Waals surface area contributed by atoms with Gasteiger partial charge < -0.3 is 14.8 Å². The smallest absolute Gasteiger partial charge is 0.259 e. The van der Waals surface area contributed by atoms with E-state index >= 15 is 0 Å². The van der Waals surface area contributed by atoms with Crippen LogP contribution in [0, 0.1) is 0 Å². The summed E-state index contributed by atoms with van der Waals surface area (Å²) in [5, 5.41) is 3.18. The predicted molar refractivity (Wildman–Crippen MR) is 102 cm³/mol. The number of sulfonamides is 1. The third kappa shape index (κ3) is 4.41. The molecule has 1 heterocycles. The van der Waals surface area contributed by atoms with Gasteiger partial charge in [0.05, 0.1) is 30.8 Å². The van der Waals surface area contributed by atoms with Crippen LogP contribution in [-0.4, -0.2) is 52.0 Å². The van der Waals surface area contributed by atoms with Gasteiger partial charge in [-0.05, 0) is 36.4 Å². The Kier molecular flexibility index (Phi) is 6.01. The molecule has 0 atom stereocenters. The van der Waals surface area contributed by atoms with E-state index in [1.807, 2.05) is 0 Å². The Hall–Kier alpha value is -2.13. The van der Waals surface area contributed by atoms with E-state index in [1.165, 1.54) is 29.6 Å². The number of ether oxygens (including phenoxy) is 2. The molecule has 1 fully saturated rings. The van der Waals surface area contributed by atoms with Gasteiger partial charge in [0, 0.05) is 23.8 Å². The second-order valence-corrected chi connectivity index (χ2v) is 8.22. The molecule has 2 aromatic rings. The summed E-state index contributed by atoms with van der Waals surface area (Å²) >= 11 is 5.93. The third-order valence-electron chi connectivity index (χ3n) is 4.11. The maximum absolute atomic E-state index is 12.8. The summed E-state index contributed by atoms with van der Waals surface area (Å²) < 4.78 is 37.5. The summed E-state index contributed by atoms with van der Waals surface area (Å²) in [4.78, 5) is 12.7. The highest BCUT2D eigenvalue weighted by molar-refractivity contribution is 7.89. The molecule has 9 heteroatoms. The zero-order chi connectivity index (χ0) is 19.4. The number of hydrogen-bond donors (Lipinski definition) is 1. The summed E-state index contributed by atoms with van der Waals surface area (Å²) in [7, 11) is -2.31. The first-order chi connectivity index (χ1) is 12.9. The Bertz CT molecular complexity index is 943. The SMILES string of the molecule is COc1ccc(S(=O)(=O)N2CCOCC2)cc1C(=O)Nc1cccc(Cl)c1. The summed E-state index contributed by atoms with van der Waals surface area (Å²) in [6, 6.07) is 10.9. The van der Waals surface area contributed by atoms with Crippen LogP contribution < -0.4 is 10.1 Å². The molecular formula is C18H19ClN2O5S. The van der Waals surface area contributed by atoms with Crippen LogP contribution in [0.5, 0.6) is 5.75 Å². The Balaban J connectivity index is 1.92. The average Bonchev–Trinajstić information content (AvgIpc) is 2.68. The van der Waals surface area contributed by atoms with Crippen molar-refractivity contribution in [2.75, 3.05) is 38.7 Å². The standard InChI is InChI=1S/C18H19ClN2O5S/c1-25-17-6-5-15(27(23,24)21-7-9-26-10-8-21)12-16(17)18(22)20-14-4-2-3-13(19)11-14/h2-6,11-12H,7-10H2,1H3,(H,20,22). The zero-order valence-electron chi connectivity index (χ0n) is 14.6. The summed E-state index contributed by atoms with van der Waals surface area (Å²) in [5.74, 6) is -0.219. The van der Waals surface area contributed by atoms with Crippen LogP contribution in [0.2, 0.25) is 5.02 Å². The predicted octanol–water partition coefficient (Wildman–Crippen LogP) is 2.62. The van der Waals surface area contributed by atoms with Crippen molar-refractivity contribution in [2.45, 2.75) is 4.90 Å². The van der Waals surface area contributed by atoms with E-state index in [1.54, 1.807) is 24.3 Å². The molecule has 0 spiro atoms. The fourth-order valence-electron chi connectivity index (χ4n) is 2.73. The molecule has 0 radical (unpaired) electrons. The molecule has 1 amide bonds. The Morgan fingerprint density at radius 3 is 2.59 bits per heavy atom. The number of carbonyl (C=O) groups excluding carboxylic acids is 1. The third-order valence-corrected chi connectivity index (χ3v) is 6.24. The van der Waals surface area contributed by atoms with Gasteiger partial charge >= 0.3 is 0 Å². The molecule has 1 aliphatic heterocycles. The highest BCUT2D eigenvalue weighted by Crippen LogP contribution is 2.26. The average molecular weight is 411 g/mol. The van der Waals surface area contributed by atoms with Crippen LogP contribution in [-0.2, 0) is 14.8 Å². The first-order valence-corrected chi connectivity index (χ1v) is 10.1. The van der Waals surface area contributed by atoms with Crippen LogP contribution in [0.4, 0.5) is 5.69 Å². The molecule has 1 aliphatic rings. The van der Waals surface area contributed by atoms with Crippen molar-refractivity contribution in [3.05, 3.63) is 53.1 Å². The van der Waals surface area contributed by atoms with Crippen molar-refractivity contribution in [1.82, 2.24) is 4.31 Å². The van der Waals surface area contributed by atoms with E-state index in [4.69, 9.17) is 21.1 Å². The van der Waals surface area contributed by atoms with E-state index in [2.05, 4.69) is 5.32 Å². The minimum atomic E-state index is -3.73. The Labute approximate surface area is 162 Å². The van der Waals surface area contributed by atoms with Gasteiger partial charge in [0.25, 0.3) is 5.91 Å². The largest absolute Gasteiger partial charge is 0.496 e. The van der Waals surface area contributed by atoms with E-state index < -0.39 is 15.9 Å². The van der Waals surface area contributed by atoms with Crippen LogP contribution in [0.15, 0.2) is 47.4 Å². The first-order valence-electron chi connectivity index (χ1n) is 8.24. The number of hydrogen-bond acceptors (Lipinski definition) is 5. The maximum atomic E-state index is 12.8. The fourth-order valence-corrected chi connectivity index (χ4v) is 4.35. The molecule has 1 N–H and O–H groups in total. The van der Waals surface area contributed by atoms with Gasteiger partial charge in [-0.2, -0.15) is 4.31 Å². The number of nitrogens with one attached hydrogen (secondary N) is 1. The molecule has 0 bridgehead atoms. The van der Waals surface area contributed by atoms with Crippen LogP contribution in [0.1, 0.15) is 10.4 Å². The quantitative estimate of drug-likeness (QED) is 0.819. The van der Waals surface area contributed by atoms with Crippen LogP contribution >= 0.6 is 11.6 Å². The molecule has 144 valence electrons. The number of nitrogens with zero attached hydrogens (tertiary/aromatic N) is 1. The summed E-state index contributed by atoms with van der Waals surface area (Å²) in [5.41, 5.74) is 0.614. The summed E-state index contributed by atoms with van der Waals surface area (Å²) in [6.45, 7) is 1.24. The lowest BCUT2D eigenvalue weighted by Crippen LogP contribution is -2.40. The van der Waals surface area contributed by atoms with Gasteiger partial charge in [0.15, 0.2) is 0 Å². The molecule has 27 heavy (non-hydrogen) atoms. The lowest BCUT2D eigenvalue weighted by atomic mass is 10.2. The molecule has 2 aromatic carbocycles. The van der Waals surface area contributed by atoms with Crippen LogP contribution in [0.3, 0.4) is 0 Å². The van der Waals surface area contributed by atoms with E-state index in [0.717, 1.165) is 0 Å². The molecule has 0 saturated carbocycles. The molecule has 7 nitrogen and oxygen atoms in total. The van der Waals surface area contributed by atoms with Gasteiger partial charge in [0.2, 0.25) is 10.0 Å². The second-order valence-electron chi connectivity index (χ2n) is 5.84. The molecule has 3 rings (SSSR count). The number of benzene rings is 2.